The Bertz CT molecular complexity index is 1560. The van der Waals surface area contributed by atoms with Crippen LogP contribution in [0.2, 0.25) is 0 Å². The fraction of sp³-hybridized carbons (Fsp3) is 0.321. The summed E-state index contributed by atoms with van der Waals surface area (Å²) in [6, 6.07) is 13.0. The molecular formula is C28H28N4O6S. The van der Waals surface area contributed by atoms with Crippen molar-refractivity contribution in [2.45, 2.75) is 44.3 Å². The SMILES string of the molecule is CCCC(NC(=O)c1ccc2ccccc2c1)C(=O)N1CCC2C1C(=O)CN2S(=O)(=O)C(=O)c1cccnc1. The largest absolute Gasteiger partial charge is 0.340 e. The van der Waals surface area contributed by atoms with Gasteiger partial charge in [-0.15, -0.1) is 0 Å². The van der Waals surface area contributed by atoms with Gasteiger partial charge in [-0.1, -0.05) is 43.7 Å². The zero-order valence-electron chi connectivity index (χ0n) is 21.3. The summed E-state index contributed by atoms with van der Waals surface area (Å²) < 4.78 is 27.2. The van der Waals surface area contributed by atoms with Crippen molar-refractivity contribution in [1.82, 2.24) is 19.5 Å². The van der Waals surface area contributed by atoms with Gasteiger partial charge in [0, 0.05) is 24.5 Å². The molecule has 0 spiro atoms. The van der Waals surface area contributed by atoms with E-state index in [0.29, 0.717) is 18.4 Å². The summed E-state index contributed by atoms with van der Waals surface area (Å²) in [5.41, 5.74) is 0.309. The molecule has 2 saturated heterocycles. The molecule has 2 amide bonds. The summed E-state index contributed by atoms with van der Waals surface area (Å²) in [7, 11) is -4.51. The van der Waals surface area contributed by atoms with Crippen molar-refractivity contribution < 1.29 is 27.6 Å². The maximum absolute atomic E-state index is 13.6. The number of carbonyl (C=O) groups excluding carboxylic acids is 4. The first-order valence-electron chi connectivity index (χ1n) is 12.8. The van der Waals surface area contributed by atoms with Gasteiger partial charge in [-0.2, -0.15) is 4.31 Å². The number of aromatic nitrogens is 1. The molecule has 3 aromatic rings. The van der Waals surface area contributed by atoms with Gasteiger partial charge in [-0.3, -0.25) is 24.2 Å². The predicted octanol–water partition coefficient (Wildman–Crippen LogP) is 2.16. The molecule has 2 aromatic carbocycles. The fourth-order valence-electron chi connectivity index (χ4n) is 5.40. The van der Waals surface area contributed by atoms with Gasteiger partial charge in [-0.25, -0.2) is 8.42 Å². The van der Waals surface area contributed by atoms with Gasteiger partial charge in [0.25, 0.3) is 21.0 Å². The molecule has 2 fully saturated rings. The first-order chi connectivity index (χ1) is 18.7. The van der Waals surface area contributed by atoms with E-state index in [1.54, 1.807) is 12.1 Å². The molecule has 2 aliphatic rings. The van der Waals surface area contributed by atoms with Gasteiger partial charge >= 0.3 is 0 Å². The Labute approximate surface area is 226 Å². The number of carbonyl (C=O) groups is 4. The van der Waals surface area contributed by atoms with Crippen LogP contribution in [0.25, 0.3) is 10.8 Å². The summed E-state index contributed by atoms with van der Waals surface area (Å²) in [4.78, 5) is 57.7. The van der Waals surface area contributed by atoms with E-state index in [9.17, 15) is 27.6 Å². The molecule has 0 saturated carbocycles. The number of nitrogens with one attached hydrogen (secondary N) is 1. The number of ketones is 1. The average Bonchev–Trinajstić information content (AvgIpc) is 3.53. The normalized spacial score (nSPS) is 20.1. The van der Waals surface area contributed by atoms with E-state index < -0.39 is 57.4 Å². The van der Waals surface area contributed by atoms with Crippen LogP contribution in [0.3, 0.4) is 0 Å². The lowest BCUT2D eigenvalue weighted by Gasteiger charge is -2.28. The lowest BCUT2D eigenvalue weighted by Crippen LogP contribution is -2.52. The van der Waals surface area contributed by atoms with Crippen LogP contribution in [0.15, 0.2) is 67.0 Å². The van der Waals surface area contributed by atoms with Crippen molar-refractivity contribution in [3.8, 4) is 0 Å². The third-order valence-corrected chi connectivity index (χ3v) is 9.01. The van der Waals surface area contributed by atoms with E-state index in [0.717, 1.165) is 21.3 Å². The van der Waals surface area contributed by atoms with E-state index in [1.807, 2.05) is 37.3 Å². The predicted molar refractivity (Wildman–Crippen MR) is 143 cm³/mol. The molecule has 11 heteroatoms. The number of sulfonamides is 1. The number of benzene rings is 2. The minimum Gasteiger partial charge on any atom is -0.340 e. The van der Waals surface area contributed by atoms with E-state index in [1.165, 1.54) is 23.2 Å². The Morgan fingerprint density at radius 2 is 1.82 bits per heavy atom. The van der Waals surface area contributed by atoms with Crippen LogP contribution in [-0.2, 0) is 19.6 Å². The summed E-state index contributed by atoms with van der Waals surface area (Å²) >= 11 is 0. The van der Waals surface area contributed by atoms with Crippen molar-refractivity contribution in [3.05, 3.63) is 78.1 Å². The molecule has 1 aromatic heterocycles. The Morgan fingerprint density at radius 1 is 1.05 bits per heavy atom. The van der Waals surface area contributed by atoms with E-state index in [-0.39, 0.29) is 18.5 Å². The van der Waals surface area contributed by atoms with Crippen LogP contribution >= 0.6 is 0 Å². The van der Waals surface area contributed by atoms with Crippen LogP contribution in [0.5, 0.6) is 0 Å². The first-order valence-corrected chi connectivity index (χ1v) is 14.3. The molecule has 1 N–H and O–H groups in total. The standard InChI is InChI=1S/C28H28N4O6S/c1-2-6-22(30-26(34)20-11-10-18-7-3-4-8-19(18)15-20)27(35)31-14-12-23-25(31)24(33)17-32(23)39(37,38)28(36)21-9-5-13-29-16-21/h3-5,7-11,13,15-16,22-23,25H,2,6,12,14,17H2,1H3,(H,30,34). The number of Topliss-reactive ketones (excluding diaryl/α,β-unsaturated/α-hetero) is 1. The Morgan fingerprint density at radius 3 is 2.54 bits per heavy atom. The molecule has 202 valence electrons. The maximum atomic E-state index is 13.6. The van der Waals surface area contributed by atoms with Crippen molar-refractivity contribution >= 4 is 43.5 Å². The number of amides is 2. The van der Waals surface area contributed by atoms with Crippen LogP contribution in [0.4, 0.5) is 0 Å². The topological polar surface area (TPSA) is 134 Å². The number of pyridine rings is 1. The molecule has 3 heterocycles. The summed E-state index contributed by atoms with van der Waals surface area (Å²) in [5, 5.41) is 3.56. The summed E-state index contributed by atoms with van der Waals surface area (Å²) in [6.07, 6.45) is 3.74. The molecule has 0 bridgehead atoms. The second kappa shape index (κ2) is 10.7. The molecular weight excluding hydrogens is 520 g/mol. The highest BCUT2D eigenvalue weighted by molar-refractivity contribution is 8.04. The van der Waals surface area contributed by atoms with Gasteiger partial charge in [0.15, 0.2) is 5.78 Å². The van der Waals surface area contributed by atoms with Gasteiger partial charge < -0.3 is 10.2 Å². The smallest absolute Gasteiger partial charge is 0.293 e. The van der Waals surface area contributed by atoms with Gasteiger partial charge in [0.05, 0.1) is 18.2 Å². The number of hydrogen-bond donors (Lipinski definition) is 1. The fourth-order valence-corrected chi connectivity index (χ4v) is 6.90. The van der Waals surface area contributed by atoms with Gasteiger partial charge in [0.2, 0.25) is 5.91 Å². The number of nitrogens with zero attached hydrogens (tertiary/aromatic N) is 3. The molecule has 0 radical (unpaired) electrons. The van der Waals surface area contributed by atoms with Crippen molar-refractivity contribution in [1.29, 1.82) is 0 Å². The summed E-state index contributed by atoms with van der Waals surface area (Å²) in [5.74, 6) is -1.30. The van der Waals surface area contributed by atoms with Crippen molar-refractivity contribution in [3.63, 3.8) is 0 Å². The van der Waals surface area contributed by atoms with Crippen LogP contribution in [-0.4, -0.2) is 76.5 Å². The third-order valence-electron chi connectivity index (χ3n) is 7.29. The van der Waals surface area contributed by atoms with Crippen LogP contribution in [0, 0.1) is 0 Å². The Balaban J connectivity index is 1.34. The van der Waals surface area contributed by atoms with Crippen LogP contribution in [0.1, 0.15) is 46.9 Å². The average molecular weight is 549 g/mol. The summed E-state index contributed by atoms with van der Waals surface area (Å²) in [6.45, 7) is 1.53. The molecule has 3 atom stereocenters. The lowest BCUT2D eigenvalue weighted by molar-refractivity contribution is -0.138. The second-order valence-electron chi connectivity index (χ2n) is 9.75. The zero-order valence-corrected chi connectivity index (χ0v) is 22.1. The monoisotopic (exact) mass is 548 g/mol. The van der Waals surface area contributed by atoms with E-state index in [2.05, 4.69) is 10.3 Å². The molecule has 10 nitrogen and oxygen atoms in total. The number of rotatable bonds is 7. The molecule has 3 unspecified atom stereocenters. The highest BCUT2D eigenvalue weighted by Crippen LogP contribution is 2.33. The minimum absolute atomic E-state index is 0.0984. The van der Waals surface area contributed by atoms with E-state index in [4.69, 9.17) is 0 Å². The number of fused-ring (bicyclic) bond motifs is 2. The maximum Gasteiger partial charge on any atom is 0.293 e. The second-order valence-corrected chi connectivity index (χ2v) is 11.5. The first kappa shape index (κ1) is 26.6. The number of likely N-dealkylation sites (tertiary alicyclic amines) is 1. The molecule has 5 rings (SSSR count). The van der Waals surface area contributed by atoms with Gasteiger partial charge in [-0.05, 0) is 47.9 Å². The zero-order chi connectivity index (χ0) is 27.7. The van der Waals surface area contributed by atoms with E-state index >= 15 is 0 Å². The highest BCUT2D eigenvalue weighted by Gasteiger charge is 2.55. The van der Waals surface area contributed by atoms with Gasteiger partial charge in [0.1, 0.15) is 12.1 Å². The minimum atomic E-state index is -4.51. The third kappa shape index (κ3) is 4.95. The van der Waals surface area contributed by atoms with Crippen LogP contribution < -0.4 is 5.32 Å². The highest BCUT2D eigenvalue weighted by atomic mass is 32.2. The molecule has 39 heavy (non-hydrogen) atoms. The van der Waals surface area contributed by atoms with Crippen molar-refractivity contribution in [2.24, 2.45) is 0 Å². The molecule has 2 aliphatic heterocycles. The Hall–Kier alpha value is -3.96. The quantitative estimate of drug-likeness (QED) is 0.478. The Kier molecular flexibility index (Phi) is 7.28. The molecule has 0 aliphatic carbocycles. The van der Waals surface area contributed by atoms with Crippen molar-refractivity contribution in [2.75, 3.05) is 13.1 Å². The lowest BCUT2D eigenvalue weighted by atomic mass is 10.0. The number of hydrogen-bond acceptors (Lipinski definition) is 7.